The summed E-state index contributed by atoms with van der Waals surface area (Å²) < 4.78 is 8.85. The summed E-state index contributed by atoms with van der Waals surface area (Å²) in [6.07, 6.45) is 3.46. The number of methoxy groups -OCH3 is 1. The van der Waals surface area contributed by atoms with Gasteiger partial charge in [0.2, 0.25) is 0 Å². The molecule has 0 aliphatic heterocycles. The summed E-state index contributed by atoms with van der Waals surface area (Å²) in [5.41, 5.74) is 3.94. The number of rotatable bonds is 6. The Hall–Kier alpha value is -3.09. The lowest BCUT2D eigenvalue weighted by Crippen LogP contribution is -2.14. The molecule has 0 unspecified atom stereocenters. The van der Waals surface area contributed by atoms with Crippen LogP contribution in [0, 0.1) is 13.8 Å². The smallest absolute Gasteiger partial charge is 0.259 e. The van der Waals surface area contributed by atoms with E-state index in [1.165, 1.54) is 0 Å². The molecule has 136 valence electrons. The van der Waals surface area contributed by atoms with Crippen molar-refractivity contribution >= 4 is 11.6 Å². The molecule has 2 aromatic heterocycles. The maximum absolute atomic E-state index is 12.6. The van der Waals surface area contributed by atoms with Gasteiger partial charge in [-0.1, -0.05) is 12.1 Å². The molecule has 3 rings (SSSR count). The van der Waals surface area contributed by atoms with E-state index in [-0.39, 0.29) is 5.91 Å². The van der Waals surface area contributed by atoms with Gasteiger partial charge in [-0.2, -0.15) is 10.2 Å². The zero-order chi connectivity index (χ0) is 18.7. The first-order chi connectivity index (χ1) is 12.5. The van der Waals surface area contributed by atoms with Gasteiger partial charge in [0.25, 0.3) is 5.91 Å². The third kappa shape index (κ3) is 3.61. The van der Waals surface area contributed by atoms with Crippen LogP contribution in [-0.2, 0) is 13.1 Å². The fourth-order valence-corrected chi connectivity index (χ4v) is 3.00. The average molecular weight is 353 g/mol. The van der Waals surface area contributed by atoms with E-state index < -0.39 is 0 Å². The van der Waals surface area contributed by atoms with Gasteiger partial charge in [-0.3, -0.25) is 14.2 Å². The van der Waals surface area contributed by atoms with Crippen LogP contribution in [0.4, 0.5) is 5.69 Å². The number of carbonyl (C=O) groups excluding carboxylic acids is 1. The Morgan fingerprint density at radius 2 is 2.12 bits per heavy atom. The molecule has 0 spiro atoms. The van der Waals surface area contributed by atoms with Crippen molar-refractivity contribution in [1.82, 2.24) is 19.6 Å². The number of aryl methyl sites for hydroxylation is 2. The van der Waals surface area contributed by atoms with Crippen LogP contribution in [0.25, 0.3) is 0 Å². The van der Waals surface area contributed by atoms with E-state index in [1.54, 1.807) is 18.0 Å². The maximum Gasteiger partial charge on any atom is 0.259 e. The Kier molecular flexibility index (Phi) is 5.06. The summed E-state index contributed by atoms with van der Waals surface area (Å²) in [4.78, 5) is 12.6. The van der Waals surface area contributed by atoms with Crippen LogP contribution >= 0.6 is 0 Å². The van der Waals surface area contributed by atoms with Crippen LogP contribution in [-0.4, -0.2) is 32.6 Å². The van der Waals surface area contributed by atoms with E-state index in [4.69, 9.17) is 4.74 Å². The molecule has 0 saturated carbocycles. The number of nitrogens with one attached hydrogen (secondary N) is 1. The minimum Gasteiger partial charge on any atom is -0.497 e. The van der Waals surface area contributed by atoms with Crippen molar-refractivity contribution < 1.29 is 9.53 Å². The maximum atomic E-state index is 12.6. The first-order valence-corrected chi connectivity index (χ1v) is 8.52. The van der Waals surface area contributed by atoms with Gasteiger partial charge >= 0.3 is 0 Å². The normalized spacial score (nSPS) is 10.8. The molecule has 0 bridgehead atoms. The molecule has 0 atom stereocenters. The van der Waals surface area contributed by atoms with Crippen molar-refractivity contribution in [3.8, 4) is 5.75 Å². The molecule has 26 heavy (non-hydrogen) atoms. The third-order valence-electron chi connectivity index (χ3n) is 4.28. The number of aromatic nitrogens is 4. The van der Waals surface area contributed by atoms with Crippen molar-refractivity contribution in [2.75, 3.05) is 12.4 Å². The van der Waals surface area contributed by atoms with Gasteiger partial charge in [0.05, 0.1) is 36.8 Å². The first kappa shape index (κ1) is 17.7. The van der Waals surface area contributed by atoms with Crippen LogP contribution < -0.4 is 10.1 Å². The minimum absolute atomic E-state index is 0.166. The van der Waals surface area contributed by atoms with Gasteiger partial charge < -0.3 is 10.1 Å². The number of anilines is 1. The molecule has 2 heterocycles. The minimum atomic E-state index is -0.166. The number of amides is 1. The second-order valence-corrected chi connectivity index (χ2v) is 6.09. The molecule has 0 aliphatic rings. The van der Waals surface area contributed by atoms with Gasteiger partial charge in [-0.25, -0.2) is 0 Å². The van der Waals surface area contributed by atoms with E-state index in [0.29, 0.717) is 17.8 Å². The standard InChI is InChI=1S/C19H23N5O2/c1-5-24-14(3)18(13(2)22-24)19(25)21-16-10-20-23(12-16)11-15-7-6-8-17(9-15)26-4/h6-10,12H,5,11H2,1-4H3,(H,21,25). The molecular weight excluding hydrogens is 330 g/mol. The predicted molar refractivity (Wildman–Crippen MR) is 99.7 cm³/mol. The highest BCUT2D eigenvalue weighted by Gasteiger charge is 2.18. The molecule has 7 heteroatoms. The van der Waals surface area contributed by atoms with Gasteiger partial charge in [0.15, 0.2) is 0 Å². The molecule has 0 radical (unpaired) electrons. The lowest BCUT2D eigenvalue weighted by Gasteiger charge is -2.05. The van der Waals surface area contributed by atoms with Crippen molar-refractivity contribution in [2.45, 2.75) is 33.9 Å². The van der Waals surface area contributed by atoms with E-state index in [2.05, 4.69) is 15.5 Å². The van der Waals surface area contributed by atoms with Crippen molar-refractivity contribution in [2.24, 2.45) is 0 Å². The van der Waals surface area contributed by atoms with Crippen LogP contribution in [0.5, 0.6) is 5.75 Å². The largest absolute Gasteiger partial charge is 0.497 e. The number of nitrogens with zero attached hydrogens (tertiary/aromatic N) is 4. The molecule has 1 amide bonds. The highest BCUT2D eigenvalue weighted by Crippen LogP contribution is 2.17. The lowest BCUT2D eigenvalue weighted by molar-refractivity contribution is 0.102. The topological polar surface area (TPSA) is 74.0 Å². The SMILES string of the molecule is CCn1nc(C)c(C(=O)Nc2cnn(Cc3cccc(OC)c3)c2)c1C. The summed E-state index contributed by atoms with van der Waals surface area (Å²) in [6, 6.07) is 7.82. The Morgan fingerprint density at radius 1 is 1.31 bits per heavy atom. The number of ether oxygens (including phenoxy) is 1. The molecule has 7 nitrogen and oxygen atoms in total. The zero-order valence-electron chi connectivity index (χ0n) is 15.5. The van der Waals surface area contributed by atoms with Crippen molar-refractivity contribution in [3.05, 3.63) is 59.2 Å². The molecular formula is C19H23N5O2. The average Bonchev–Trinajstić information content (AvgIpc) is 3.18. The van der Waals surface area contributed by atoms with Crippen LogP contribution in [0.1, 0.15) is 34.2 Å². The highest BCUT2D eigenvalue weighted by atomic mass is 16.5. The van der Waals surface area contributed by atoms with E-state index >= 15 is 0 Å². The number of benzene rings is 1. The Bertz CT molecular complexity index is 926. The Morgan fingerprint density at radius 3 is 2.81 bits per heavy atom. The highest BCUT2D eigenvalue weighted by molar-refractivity contribution is 6.05. The lowest BCUT2D eigenvalue weighted by atomic mass is 10.2. The molecule has 0 aliphatic carbocycles. The first-order valence-electron chi connectivity index (χ1n) is 8.52. The Labute approximate surface area is 152 Å². The van der Waals surface area contributed by atoms with E-state index in [1.807, 2.05) is 55.9 Å². The summed E-state index contributed by atoms with van der Waals surface area (Å²) >= 11 is 0. The van der Waals surface area contributed by atoms with Crippen LogP contribution in [0.15, 0.2) is 36.7 Å². The van der Waals surface area contributed by atoms with Crippen molar-refractivity contribution in [1.29, 1.82) is 0 Å². The monoisotopic (exact) mass is 353 g/mol. The Balaban J connectivity index is 1.72. The zero-order valence-corrected chi connectivity index (χ0v) is 15.5. The van der Waals surface area contributed by atoms with Gasteiger partial charge in [-0.05, 0) is 38.5 Å². The molecule has 0 saturated heterocycles. The van der Waals surface area contributed by atoms with Gasteiger partial charge in [0, 0.05) is 18.4 Å². The molecule has 0 fully saturated rings. The van der Waals surface area contributed by atoms with Gasteiger partial charge in [-0.15, -0.1) is 0 Å². The van der Waals surface area contributed by atoms with E-state index in [9.17, 15) is 4.79 Å². The third-order valence-corrected chi connectivity index (χ3v) is 4.28. The summed E-state index contributed by atoms with van der Waals surface area (Å²) in [5, 5.41) is 11.6. The molecule has 1 N–H and O–H groups in total. The number of hydrogen-bond acceptors (Lipinski definition) is 4. The summed E-state index contributed by atoms with van der Waals surface area (Å²) in [5.74, 6) is 0.641. The fourth-order valence-electron chi connectivity index (χ4n) is 3.00. The van der Waals surface area contributed by atoms with Crippen molar-refractivity contribution in [3.63, 3.8) is 0 Å². The van der Waals surface area contributed by atoms with Crippen LogP contribution in [0.3, 0.4) is 0 Å². The van der Waals surface area contributed by atoms with E-state index in [0.717, 1.165) is 29.2 Å². The fraction of sp³-hybridized carbons (Fsp3) is 0.316. The summed E-state index contributed by atoms with van der Waals surface area (Å²) in [7, 11) is 1.64. The van der Waals surface area contributed by atoms with Gasteiger partial charge in [0.1, 0.15) is 5.75 Å². The predicted octanol–water partition coefficient (Wildman–Crippen LogP) is 3.03. The second kappa shape index (κ2) is 7.43. The summed E-state index contributed by atoms with van der Waals surface area (Å²) in [6.45, 7) is 7.09. The molecule has 3 aromatic rings. The quantitative estimate of drug-likeness (QED) is 0.739. The van der Waals surface area contributed by atoms with Crippen LogP contribution in [0.2, 0.25) is 0 Å². The second-order valence-electron chi connectivity index (χ2n) is 6.09. The number of hydrogen-bond donors (Lipinski definition) is 1. The number of carbonyl (C=O) groups is 1. The molecule has 1 aromatic carbocycles.